The smallest absolute Gasteiger partial charge is 0.390 e. The lowest BCUT2D eigenvalue weighted by Gasteiger charge is -2.18. The highest BCUT2D eigenvalue weighted by Crippen LogP contribution is 2.29. The van der Waals surface area contributed by atoms with Crippen molar-refractivity contribution in [2.75, 3.05) is 6.54 Å². The number of rotatable bonds is 4. The largest absolute Gasteiger partial charge is 0.433 e. The van der Waals surface area contributed by atoms with Gasteiger partial charge in [0.1, 0.15) is 11.8 Å². The van der Waals surface area contributed by atoms with Crippen LogP contribution in [0.4, 0.5) is 13.2 Å². The lowest BCUT2D eigenvalue weighted by molar-refractivity contribution is -0.141. The topological polar surface area (TPSA) is 79.4 Å². The van der Waals surface area contributed by atoms with Crippen molar-refractivity contribution in [3.8, 4) is 0 Å². The summed E-state index contributed by atoms with van der Waals surface area (Å²) in [5.74, 6) is 0. The first-order valence-electron chi connectivity index (χ1n) is 4.95. The van der Waals surface area contributed by atoms with E-state index in [0.29, 0.717) is 6.07 Å². The summed E-state index contributed by atoms with van der Waals surface area (Å²) >= 11 is 0. The number of nitrogens with two attached hydrogens (primary N) is 1. The van der Waals surface area contributed by atoms with Crippen LogP contribution in [0.2, 0.25) is 0 Å². The SMILES string of the molecule is NCCC(O)C(O)c1ccnc(C(F)(F)F)c1. The second kappa shape index (κ2) is 5.44. The van der Waals surface area contributed by atoms with Gasteiger partial charge >= 0.3 is 6.18 Å². The van der Waals surface area contributed by atoms with Crippen molar-refractivity contribution in [2.24, 2.45) is 5.73 Å². The fourth-order valence-corrected chi connectivity index (χ4v) is 1.34. The molecule has 0 aromatic carbocycles. The third-order valence-electron chi connectivity index (χ3n) is 2.24. The molecule has 0 saturated carbocycles. The molecule has 17 heavy (non-hydrogen) atoms. The van der Waals surface area contributed by atoms with Crippen molar-refractivity contribution in [1.29, 1.82) is 0 Å². The molecule has 96 valence electrons. The Balaban J connectivity index is 2.92. The molecular weight excluding hydrogens is 237 g/mol. The van der Waals surface area contributed by atoms with Crippen LogP contribution in [0.1, 0.15) is 23.8 Å². The van der Waals surface area contributed by atoms with Gasteiger partial charge in [-0.15, -0.1) is 0 Å². The Hall–Kier alpha value is -1.18. The van der Waals surface area contributed by atoms with Gasteiger partial charge in [0.2, 0.25) is 0 Å². The summed E-state index contributed by atoms with van der Waals surface area (Å²) in [6, 6.07) is 1.93. The van der Waals surface area contributed by atoms with Crippen LogP contribution in [-0.4, -0.2) is 27.8 Å². The highest BCUT2D eigenvalue weighted by molar-refractivity contribution is 5.21. The van der Waals surface area contributed by atoms with Gasteiger partial charge in [-0.1, -0.05) is 0 Å². The Morgan fingerprint density at radius 2 is 2.00 bits per heavy atom. The molecule has 2 atom stereocenters. The fraction of sp³-hybridized carbons (Fsp3) is 0.500. The lowest BCUT2D eigenvalue weighted by atomic mass is 10.0. The van der Waals surface area contributed by atoms with Crippen molar-refractivity contribution in [1.82, 2.24) is 4.98 Å². The maximum absolute atomic E-state index is 12.4. The van der Waals surface area contributed by atoms with E-state index in [1.807, 2.05) is 0 Å². The van der Waals surface area contributed by atoms with Gasteiger partial charge in [0.05, 0.1) is 6.10 Å². The van der Waals surface area contributed by atoms with Gasteiger partial charge in [-0.2, -0.15) is 13.2 Å². The third-order valence-corrected chi connectivity index (χ3v) is 2.24. The first-order chi connectivity index (χ1) is 7.86. The molecule has 0 spiro atoms. The van der Waals surface area contributed by atoms with Gasteiger partial charge in [-0.3, -0.25) is 4.98 Å². The molecular formula is C10H13F3N2O2. The monoisotopic (exact) mass is 250 g/mol. The molecule has 0 amide bonds. The van der Waals surface area contributed by atoms with Gasteiger partial charge in [0.15, 0.2) is 0 Å². The van der Waals surface area contributed by atoms with E-state index in [-0.39, 0.29) is 18.5 Å². The van der Waals surface area contributed by atoms with E-state index in [0.717, 1.165) is 6.20 Å². The van der Waals surface area contributed by atoms with Gasteiger partial charge < -0.3 is 15.9 Å². The summed E-state index contributed by atoms with van der Waals surface area (Å²) in [4.78, 5) is 3.16. The van der Waals surface area contributed by atoms with Crippen LogP contribution in [0.5, 0.6) is 0 Å². The van der Waals surface area contributed by atoms with E-state index < -0.39 is 24.1 Å². The van der Waals surface area contributed by atoms with Crippen molar-refractivity contribution in [2.45, 2.75) is 24.8 Å². The van der Waals surface area contributed by atoms with Crippen LogP contribution in [0.3, 0.4) is 0 Å². The number of hydrogen-bond acceptors (Lipinski definition) is 4. The molecule has 0 aliphatic rings. The van der Waals surface area contributed by atoms with Crippen LogP contribution in [0, 0.1) is 0 Å². The van der Waals surface area contributed by atoms with Crippen molar-refractivity contribution in [3.63, 3.8) is 0 Å². The van der Waals surface area contributed by atoms with E-state index in [1.165, 1.54) is 6.07 Å². The second-order valence-corrected chi connectivity index (χ2v) is 3.56. The first kappa shape index (κ1) is 13.9. The van der Waals surface area contributed by atoms with Crippen LogP contribution < -0.4 is 5.73 Å². The predicted octanol–water partition coefficient (Wildman–Crippen LogP) is 0.844. The molecule has 0 aliphatic heterocycles. The van der Waals surface area contributed by atoms with Crippen molar-refractivity contribution in [3.05, 3.63) is 29.6 Å². The Morgan fingerprint density at radius 1 is 1.35 bits per heavy atom. The molecule has 0 bridgehead atoms. The van der Waals surface area contributed by atoms with Crippen molar-refractivity contribution < 1.29 is 23.4 Å². The minimum atomic E-state index is -4.57. The zero-order valence-electron chi connectivity index (χ0n) is 8.85. The average molecular weight is 250 g/mol. The maximum atomic E-state index is 12.4. The molecule has 1 rings (SSSR count). The van der Waals surface area contributed by atoms with Gasteiger partial charge in [0.25, 0.3) is 0 Å². The molecule has 1 heterocycles. The Kier molecular flexibility index (Phi) is 4.44. The Bertz CT molecular complexity index is 371. The molecule has 2 unspecified atom stereocenters. The number of aliphatic hydroxyl groups excluding tert-OH is 2. The average Bonchev–Trinajstić information content (AvgIpc) is 2.27. The van der Waals surface area contributed by atoms with Gasteiger partial charge in [0, 0.05) is 6.20 Å². The molecule has 1 aromatic rings. The van der Waals surface area contributed by atoms with E-state index in [4.69, 9.17) is 5.73 Å². The third kappa shape index (κ3) is 3.65. The molecule has 0 fully saturated rings. The Labute approximate surface area is 95.9 Å². The highest BCUT2D eigenvalue weighted by atomic mass is 19.4. The normalized spacial score (nSPS) is 15.6. The number of halogens is 3. The van der Waals surface area contributed by atoms with Crippen LogP contribution >= 0.6 is 0 Å². The zero-order valence-corrected chi connectivity index (χ0v) is 8.85. The van der Waals surface area contributed by atoms with E-state index in [1.54, 1.807) is 0 Å². The van der Waals surface area contributed by atoms with Crippen LogP contribution in [-0.2, 0) is 6.18 Å². The van der Waals surface area contributed by atoms with E-state index in [9.17, 15) is 23.4 Å². The lowest BCUT2D eigenvalue weighted by Crippen LogP contribution is -2.22. The first-order valence-corrected chi connectivity index (χ1v) is 4.95. The Morgan fingerprint density at radius 3 is 2.53 bits per heavy atom. The summed E-state index contributed by atoms with van der Waals surface area (Å²) in [5.41, 5.74) is 4.04. The summed E-state index contributed by atoms with van der Waals surface area (Å²) in [6.45, 7) is 0.134. The molecule has 4 N–H and O–H groups in total. The number of nitrogens with zero attached hydrogens (tertiary/aromatic N) is 1. The zero-order chi connectivity index (χ0) is 13.1. The molecule has 0 saturated heterocycles. The highest BCUT2D eigenvalue weighted by Gasteiger charge is 2.33. The molecule has 0 radical (unpaired) electrons. The molecule has 0 aliphatic carbocycles. The molecule has 1 aromatic heterocycles. The summed E-state index contributed by atoms with van der Waals surface area (Å²) < 4.78 is 37.1. The summed E-state index contributed by atoms with van der Waals surface area (Å²) in [5, 5.41) is 19.0. The number of pyridine rings is 1. The van der Waals surface area contributed by atoms with Crippen LogP contribution in [0.25, 0.3) is 0 Å². The summed E-state index contributed by atoms with van der Waals surface area (Å²) in [7, 11) is 0. The molecule has 7 heteroatoms. The predicted molar refractivity (Wildman–Crippen MR) is 53.9 cm³/mol. The molecule has 4 nitrogen and oxygen atoms in total. The number of alkyl halides is 3. The maximum Gasteiger partial charge on any atom is 0.433 e. The van der Waals surface area contributed by atoms with E-state index >= 15 is 0 Å². The van der Waals surface area contributed by atoms with E-state index in [2.05, 4.69) is 4.98 Å². The summed E-state index contributed by atoms with van der Waals surface area (Å²) in [6.07, 6.45) is -6.12. The minimum Gasteiger partial charge on any atom is -0.390 e. The minimum absolute atomic E-state index is 0.0340. The van der Waals surface area contributed by atoms with Gasteiger partial charge in [-0.25, -0.2) is 0 Å². The standard InChI is InChI=1S/C10H13F3N2O2/c11-10(12,13)8-5-6(2-4-15-8)9(17)7(16)1-3-14/h2,4-5,7,9,16-17H,1,3,14H2. The number of hydrogen-bond donors (Lipinski definition) is 3. The quantitative estimate of drug-likeness (QED) is 0.740. The van der Waals surface area contributed by atoms with Crippen LogP contribution in [0.15, 0.2) is 18.3 Å². The number of aliphatic hydroxyl groups is 2. The second-order valence-electron chi connectivity index (χ2n) is 3.56. The fourth-order valence-electron chi connectivity index (χ4n) is 1.34. The number of aromatic nitrogens is 1. The van der Waals surface area contributed by atoms with Crippen molar-refractivity contribution >= 4 is 0 Å². The van der Waals surface area contributed by atoms with Gasteiger partial charge in [-0.05, 0) is 30.7 Å².